The molecule has 0 unspecified atom stereocenters. The van der Waals surface area contributed by atoms with Gasteiger partial charge in [0.25, 0.3) is 0 Å². The fourth-order valence-corrected chi connectivity index (χ4v) is 2.97. The Bertz CT molecular complexity index is 572. The summed E-state index contributed by atoms with van der Waals surface area (Å²) >= 11 is 2.79. The highest BCUT2D eigenvalue weighted by Gasteiger charge is 2.07. The molecule has 2 aromatic rings. The van der Waals surface area contributed by atoms with Crippen molar-refractivity contribution >= 4 is 40.0 Å². The molecule has 1 amide bonds. The molecule has 2 heterocycles. The Morgan fingerprint density at radius 1 is 1.53 bits per heavy atom. The number of thioether (sulfide) groups is 1. The van der Waals surface area contributed by atoms with Crippen molar-refractivity contribution in [1.82, 2.24) is 15.2 Å². The molecule has 2 rings (SSSR count). The van der Waals surface area contributed by atoms with Gasteiger partial charge in [0.05, 0.1) is 0 Å². The second kappa shape index (κ2) is 6.48. The Labute approximate surface area is 118 Å². The van der Waals surface area contributed by atoms with Gasteiger partial charge >= 0.3 is 0 Å². The summed E-state index contributed by atoms with van der Waals surface area (Å²) in [6.07, 6.45) is 2.04. The Hall–Kier alpha value is -1.67. The van der Waals surface area contributed by atoms with E-state index < -0.39 is 0 Å². The number of nitrogens with zero attached hydrogens (tertiary/aromatic N) is 3. The van der Waals surface area contributed by atoms with Gasteiger partial charge in [-0.3, -0.25) is 4.79 Å². The Morgan fingerprint density at radius 2 is 2.37 bits per heavy atom. The van der Waals surface area contributed by atoms with Gasteiger partial charge in [-0.05, 0) is 18.6 Å². The summed E-state index contributed by atoms with van der Waals surface area (Å²) in [5.41, 5.74) is 6.42. The Morgan fingerprint density at radius 3 is 3.05 bits per heavy atom. The van der Waals surface area contributed by atoms with Crippen LogP contribution in [-0.4, -0.2) is 26.8 Å². The standard InChI is InChI=1S/C11H13N5OS2/c1-7-3-2-5-13-9(7)14-8(17)4-6-18-11-16-15-10(12)19-11/h2-3,5H,4,6H2,1H3,(H2,12,15)(H,13,14,17). The number of anilines is 2. The minimum Gasteiger partial charge on any atom is -0.374 e. The zero-order valence-electron chi connectivity index (χ0n) is 10.3. The number of amides is 1. The molecular formula is C11H13N5OS2. The number of rotatable bonds is 5. The molecule has 8 heteroatoms. The van der Waals surface area contributed by atoms with Crippen LogP contribution < -0.4 is 11.1 Å². The Kier molecular flexibility index (Phi) is 4.69. The lowest BCUT2D eigenvalue weighted by molar-refractivity contribution is -0.115. The summed E-state index contributed by atoms with van der Waals surface area (Å²) in [6.45, 7) is 1.90. The third kappa shape index (κ3) is 4.18. The van der Waals surface area contributed by atoms with Gasteiger partial charge in [0.2, 0.25) is 11.0 Å². The fraction of sp³-hybridized carbons (Fsp3) is 0.273. The topological polar surface area (TPSA) is 93.8 Å². The molecule has 0 radical (unpaired) electrons. The number of aromatic nitrogens is 3. The number of nitrogens with two attached hydrogens (primary N) is 1. The lowest BCUT2D eigenvalue weighted by atomic mass is 10.3. The van der Waals surface area contributed by atoms with E-state index in [9.17, 15) is 4.79 Å². The molecule has 0 aliphatic rings. The van der Waals surface area contributed by atoms with Crippen molar-refractivity contribution in [2.75, 3.05) is 16.8 Å². The van der Waals surface area contributed by atoms with Crippen molar-refractivity contribution in [3.8, 4) is 0 Å². The van der Waals surface area contributed by atoms with Crippen molar-refractivity contribution < 1.29 is 4.79 Å². The van der Waals surface area contributed by atoms with E-state index in [-0.39, 0.29) is 5.91 Å². The lowest BCUT2D eigenvalue weighted by Crippen LogP contribution is -2.14. The van der Waals surface area contributed by atoms with Gasteiger partial charge in [-0.2, -0.15) is 0 Å². The van der Waals surface area contributed by atoms with E-state index in [0.717, 1.165) is 9.90 Å². The number of aryl methyl sites for hydroxylation is 1. The van der Waals surface area contributed by atoms with Crippen LogP contribution in [0.25, 0.3) is 0 Å². The van der Waals surface area contributed by atoms with E-state index in [4.69, 9.17) is 5.73 Å². The number of hydrogen-bond acceptors (Lipinski definition) is 7. The smallest absolute Gasteiger partial charge is 0.226 e. The molecule has 100 valence electrons. The summed E-state index contributed by atoms with van der Waals surface area (Å²) in [4.78, 5) is 15.9. The first-order valence-electron chi connectivity index (χ1n) is 5.58. The van der Waals surface area contributed by atoms with Gasteiger partial charge in [-0.25, -0.2) is 4.98 Å². The molecule has 0 saturated heterocycles. The molecule has 19 heavy (non-hydrogen) atoms. The van der Waals surface area contributed by atoms with Crippen molar-refractivity contribution in [2.24, 2.45) is 0 Å². The van der Waals surface area contributed by atoms with Crippen LogP contribution in [0.4, 0.5) is 10.9 Å². The summed E-state index contributed by atoms with van der Waals surface area (Å²) < 4.78 is 0.777. The molecule has 0 atom stereocenters. The third-order valence-electron chi connectivity index (χ3n) is 2.24. The maximum absolute atomic E-state index is 11.7. The molecular weight excluding hydrogens is 282 g/mol. The van der Waals surface area contributed by atoms with Crippen molar-refractivity contribution in [3.05, 3.63) is 23.9 Å². The minimum absolute atomic E-state index is 0.0632. The van der Waals surface area contributed by atoms with Gasteiger partial charge in [-0.1, -0.05) is 29.2 Å². The average Bonchev–Trinajstić information content (AvgIpc) is 2.78. The van der Waals surface area contributed by atoms with Crippen LogP contribution in [-0.2, 0) is 4.79 Å². The van der Waals surface area contributed by atoms with E-state index in [1.54, 1.807) is 6.20 Å². The zero-order chi connectivity index (χ0) is 13.7. The van der Waals surface area contributed by atoms with E-state index in [2.05, 4.69) is 20.5 Å². The Balaban J connectivity index is 1.77. The van der Waals surface area contributed by atoms with Crippen molar-refractivity contribution in [2.45, 2.75) is 17.7 Å². The van der Waals surface area contributed by atoms with Crippen molar-refractivity contribution in [3.63, 3.8) is 0 Å². The van der Waals surface area contributed by atoms with Gasteiger partial charge in [0, 0.05) is 18.4 Å². The third-order valence-corrected chi connectivity index (χ3v) is 4.13. The monoisotopic (exact) mass is 295 g/mol. The molecule has 0 saturated carbocycles. The molecule has 0 fully saturated rings. The maximum atomic E-state index is 11.7. The van der Waals surface area contributed by atoms with Crippen LogP contribution in [0.1, 0.15) is 12.0 Å². The van der Waals surface area contributed by atoms with Gasteiger partial charge in [-0.15, -0.1) is 10.2 Å². The SMILES string of the molecule is Cc1cccnc1NC(=O)CCSc1nnc(N)s1. The van der Waals surface area contributed by atoms with E-state index in [1.807, 2.05) is 19.1 Å². The molecule has 0 bridgehead atoms. The number of carbonyl (C=O) groups excluding carboxylic acids is 1. The number of nitrogen functional groups attached to an aromatic ring is 1. The highest BCUT2D eigenvalue weighted by Crippen LogP contribution is 2.24. The molecule has 6 nitrogen and oxygen atoms in total. The first-order valence-corrected chi connectivity index (χ1v) is 7.38. The van der Waals surface area contributed by atoms with Crippen molar-refractivity contribution in [1.29, 1.82) is 0 Å². The quantitative estimate of drug-likeness (QED) is 0.819. The second-order valence-corrected chi connectivity index (χ2v) is 6.07. The molecule has 0 aliphatic heterocycles. The second-order valence-electron chi connectivity index (χ2n) is 3.72. The maximum Gasteiger partial charge on any atom is 0.226 e. The summed E-state index contributed by atoms with van der Waals surface area (Å²) in [5.74, 6) is 1.18. The summed E-state index contributed by atoms with van der Waals surface area (Å²) in [6, 6.07) is 3.74. The van der Waals surface area contributed by atoms with Crippen LogP contribution in [0.5, 0.6) is 0 Å². The summed E-state index contributed by atoms with van der Waals surface area (Å²) in [7, 11) is 0. The van der Waals surface area contributed by atoms with E-state index in [0.29, 0.717) is 23.1 Å². The number of pyridine rings is 1. The fourth-order valence-electron chi connectivity index (χ4n) is 1.32. The molecule has 2 aromatic heterocycles. The van der Waals surface area contributed by atoms with Crippen LogP contribution in [0, 0.1) is 6.92 Å². The van der Waals surface area contributed by atoms with Gasteiger partial charge < -0.3 is 11.1 Å². The van der Waals surface area contributed by atoms with E-state index in [1.165, 1.54) is 23.1 Å². The predicted molar refractivity (Wildman–Crippen MR) is 77.3 cm³/mol. The average molecular weight is 295 g/mol. The first kappa shape index (κ1) is 13.8. The molecule has 3 N–H and O–H groups in total. The summed E-state index contributed by atoms with van der Waals surface area (Å²) in [5, 5.41) is 10.8. The van der Waals surface area contributed by atoms with Gasteiger partial charge in [0.1, 0.15) is 5.82 Å². The first-order chi connectivity index (χ1) is 9.15. The zero-order valence-corrected chi connectivity index (χ0v) is 11.9. The van der Waals surface area contributed by atoms with Gasteiger partial charge in [0.15, 0.2) is 4.34 Å². The number of carbonyl (C=O) groups is 1. The van der Waals surface area contributed by atoms with Crippen LogP contribution in [0.3, 0.4) is 0 Å². The number of hydrogen-bond donors (Lipinski definition) is 2. The van der Waals surface area contributed by atoms with E-state index >= 15 is 0 Å². The molecule has 0 spiro atoms. The molecule has 0 aromatic carbocycles. The minimum atomic E-state index is -0.0632. The van der Waals surface area contributed by atoms with Crippen LogP contribution in [0.15, 0.2) is 22.7 Å². The largest absolute Gasteiger partial charge is 0.374 e. The lowest BCUT2D eigenvalue weighted by Gasteiger charge is -2.05. The van der Waals surface area contributed by atoms with Crippen LogP contribution in [0.2, 0.25) is 0 Å². The number of nitrogens with one attached hydrogen (secondary N) is 1. The normalized spacial score (nSPS) is 10.4. The highest BCUT2D eigenvalue weighted by molar-refractivity contribution is 8.01. The van der Waals surface area contributed by atoms with Crippen LogP contribution >= 0.6 is 23.1 Å². The molecule has 0 aliphatic carbocycles. The highest BCUT2D eigenvalue weighted by atomic mass is 32.2. The predicted octanol–water partition coefficient (Wildman–Crippen LogP) is 1.94.